The van der Waals surface area contributed by atoms with Crippen molar-refractivity contribution >= 4 is 0 Å². The summed E-state index contributed by atoms with van der Waals surface area (Å²) in [5.74, 6) is 0.688. The fourth-order valence-electron chi connectivity index (χ4n) is 3.43. The number of aryl methyl sites for hydroxylation is 2. The molecule has 0 spiro atoms. The van der Waals surface area contributed by atoms with Crippen molar-refractivity contribution in [3.63, 3.8) is 0 Å². The summed E-state index contributed by atoms with van der Waals surface area (Å²) in [7, 11) is 0. The highest BCUT2D eigenvalue weighted by atomic mass is 16.3. The standard InChI is InChI=1S/C23H32O2/c1-3-5-7-11-18-13-9-15-22(24)20(18)17-21-19(12-8-6-4-2)14-10-16-23(21)25/h9-10,13-16,24-25H,3-8,11-12,17H2,1-2H3. The monoisotopic (exact) mass is 340 g/mol. The summed E-state index contributed by atoms with van der Waals surface area (Å²) in [4.78, 5) is 0. The number of phenols is 2. The van der Waals surface area contributed by atoms with E-state index in [0.717, 1.165) is 36.8 Å². The summed E-state index contributed by atoms with van der Waals surface area (Å²) >= 11 is 0. The Labute approximate surface area is 152 Å². The second kappa shape index (κ2) is 10.1. The van der Waals surface area contributed by atoms with Crippen LogP contribution in [-0.2, 0) is 19.3 Å². The van der Waals surface area contributed by atoms with Crippen LogP contribution in [0.5, 0.6) is 11.5 Å². The van der Waals surface area contributed by atoms with Crippen molar-refractivity contribution in [3.8, 4) is 11.5 Å². The van der Waals surface area contributed by atoms with Crippen LogP contribution in [0.3, 0.4) is 0 Å². The van der Waals surface area contributed by atoms with Gasteiger partial charge in [-0.05, 0) is 48.9 Å². The van der Waals surface area contributed by atoms with Crippen molar-refractivity contribution in [2.75, 3.05) is 0 Å². The smallest absolute Gasteiger partial charge is 0.119 e. The lowest BCUT2D eigenvalue weighted by atomic mass is 9.91. The minimum atomic E-state index is 0.344. The fourth-order valence-corrected chi connectivity index (χ4v) is 3.43. The lowest BCUT2D eigenvalue weighted by Gasteiger charge is -2.16. The van der Waals surface area contributed by atoms with Gasteiger partial charge in [-0.3, -0.25) is 0 Å². The number of benzene rings is 2. The Morgan fingerprint density at radius 1 is 0.640 bits per heavy atom. The SMILES string of the molecule is CCCCCc1cccc(O)c1Cc1c(O)cccc1CCCCC. The van der Waals surface area contributed by atoms with E-state index in [1.54, 1.807) is 12.1 Å². The van der Waals surface area contributed by atoms with Crippen LogP contribution in [0, 0.1) is 0 Å². The molecule has 136 valence electrons. The van der Waals surface area contributed by atoms with Gasteiger partial charge in [0.2, 0.25) is 0 Å². The fraction of sp³-hybridized carbons (Fsp3) is 0.478. The molecule has 0 unspecified atom stereocenters. The molecule has 2 aromatic rings. The van der Waals surface area contributed by atoms with Gasteiger partial charge in [0, 0.05) is 17.5 Å². The zero-order valence-electron chi connectivity index (χ0n) is 15.7. The van der Waals surface area contributed by atoms with Crippen molar-refractivity contribution < 1.29 is 10.2 Å². The highest BCUT2D eigenvalue weighted by Crippen LogP contribution is 2.31. The van der Waals surface area contributed by atoms with Crippen LogP contribution in [0.4, 0.5) is 0 Å². The van der Waals surface area contributed by atoms with Crippen molar-refractivity contribution in [1.82, 2.24) is 0 Å². The molecule has 0 aliphatic heterocycles. The van der Waals surface area contributed by atoms with Gasteiger partial charge in [-0.15, -0.1) is 0 Å². The van der Waals surface area contributed by atoms with E-state index in [-0.39, 0.29) is 0 Å². The Bertz CT molecular complexity index is 604. The normalized spacial score (nSPS) is 11.0. The third kappa shape index (κ3) is 5.52. The zero-order chi connectivity index (χ0) is 18.1. The molecule has 0 radical (unpaired) electrons. The molecule has 0 heterocycles. The second-order valence-electron chi connectivity index (χ2n) is 6.92. The van der Waals surface area contributed by atoms with Crippen molar-refractivity contribution in [1.29, 1.82) is 0 Å². The van der Waals surface area contributed by atoms with Gasteiger partial charge in [-0.2, -0.15) is 0 Å². The summed E-state index contributed by atoms with van der Waals surface area (Å²) < 4.78 is 0. The van der Waals surface area contributed by atoms with E-state index in [1.165, 1.54) is 36.8 Å². The number of rotatable bonds is 10. The van der Waals surface area contributed by atoms with Gasteiger partial charge in [0.05, 0.1) is 0 Å². The first-order chi connectivity index (χ1) is 12.2. The lowest BCUT2D eigenvalue weighted by molar-refractivity contribution is 0.461. The third-order valence-electron chi connectivity index (χ3n) is 4.95. The molecule has 0 saturated heterocycles. The largest absolute Gasteiger partial charge is 0.508 e. The zero-order valence-corrected chi connectivity index (χ0v) is 15.7. The molecular formula is C23H32O2. The van der Waals surface area contributed by atoms with Gasteiger partial charge < -0.3 is 10.2 Å². The highest BCUT2D eigenvalue weighted by molar-refractivity contribution is 5.48. The van der Waals surface area contributed by atoms with Gasteiger partial charge in [0.1, 0.15) is 11.5 Å². The molecule has 0 aromatic heterocycles. The number of phenolic OH excluding ortho intramolecular Hbond substituents is 2. The van der Waals surface area contributed by atoms with Gasteiger partial charge >= 0.3 is 0 Å². The molecule has 0 amide bonds. The quantitative estimate of drug-likeness (QED) is 0.509. The summed E-state index contributed by atoms with van der Waals surface area (Å²) in [6.45, 7) is 4.40. The molecule has 2 aromatic carbocycles. The van der Waals surface area contributed by atoms with Crippen LogP contribution < -0.4 is 0 Å². The van der Waals surface area contributed by atoms with E-state index in [9.17, 15) is 10.2 Å². The molecule has 0 aliphatic rings. The predicted molar refractivity (Wildman–Crippen MR) is 105 cm³/mol. The Kier molecular flexibility index (Phi) is 7.84. The van der Waals surface area contributed by atoms with E-state index in [1.807, 2.05) is 12.1 Å². The van der Waals surface area contributed by atoms with Crippen LogP contribution in [-0.4, -0.2) is 10.2 Å². The second-order valence-corrected chi connectivity index (χ2v) is 6.92. The summed E-state index contributed by atoms with van der Waals surface area (Å²) in [6, 6.07) is 11.6. The number of aromatic hydroxyl groups is 2. The van der Waals surface area contributed by atoms with Gasteiger partial charge in [-0.1, -0.05) is 63.8 Å². The molecule has 25 heavy (non-hydrogen) atoms. The van der Waals surface area contributed by atoms with Crippen LogP contribution in [0.15, 0.2) is 36.4 Å². The van der Waals surface area contributed by atoms with E-state index in [4.69, 9.17) is 0 Å². The minimum absolute atomic E-state index is 0.344. The highest BCUT2D eigenvalue weighted by Gasteiger charge is 2.14. The van der Waals surface area contributed by atoms with E-state index < -0.39 is 0 Å². The van der Waals surface area contributed by atoms with E-state index in [2.05, 4.69) is 26.0 Å². The molecule has 2 rings (SSSR count). The maximum atomic E-state index is 10.4. The summed E-state index contributed by atoms with van der Waals surface area (Å²) in [6.07, 6.45) is 9.62. The van der Waals surface area contributed by atoms with Gasteiger partial charge in [0.15, 0.2) is 0 Å². The van der Waals surface area contributed by atoms with Crippen LogP contribution in [0.2, 0.25) is 0 Å². The Hall–Kier alpha value is -1.96. The third-order valence-corrected chi connectivity index (χ3v) is 4.95. The molecule has 0 fully saturated rings. The Balaban J connectivity index is 2.26. The summed E-state index contributed by atoms with van der Waals surface area (Å²) in [5, 5.41) is 20.8. The average Bonchev–Trinajstić information content (AvgIpc) is 2.60. The first-order valence-electron chi connectivity index (χ1n) is 9.76. The molecule has 2 heteroatoms. The first-order valence-corrected chi connectivity index (χ1v) is 9.76. The minimum Gasteiger partial charge on any atom is -0.508 e. The number of unbranched alkanes of at least 4 members (excludes halogenated alkanes) is 4. The number of hydrogen-bond donors (Lipinski definition) is 2. The van der Waals surface area contributed by atoms with Gasteiger partial charge in [0.25, 0.3) is 0 Å². The topological polar surface area (TPSA) is 40.5 Å². The molecule has 0 saturated carbocycles. The molecule has 0 atom stereocenters. The molecular weight excluding hydrogens is 308 g/mol. The van der Waals surface area contributed by atoms with Crippen molar-refractivity contribution in [2.24, 2.45) is 0 Å². The predicted octanol–water partition coefficient (Wildman–Crippen LogP) is 6.15. The van der Waals surface area contributed by atoms with Crippen LogP contribution in [0.1, 0.15) is 74.6 Å². The maximum Gasteiger partial charge on any atom is 0.119 e. The average molecular weight is 341 g/mol. The molecule has 0 bridgehead atoms. The van der Waals surface area contributed by atoms with E-state index in [0.29, 0.717) is 17.9 Å². The first kappa shape index (κ1) is 19.4. The Morgan fingerprint density at radius 3 is 1.48 bits per heavy atom. The summed E-state index contributed by atoms with van der Waals surface area (Å²) in [5.41, 5.74) is 4.35. The van der Waals surface area contributed by atoms with E-state index >= 15 is 0 Å². The lowest BCUT2D eigenvalue weighted by Crippen LogP contribution is -2.01. The van der Waals surface area contributed by atoms with Crippen molar-refractivity contribution in [2.45, 2.75) is 71.6 Å². The maximum absolute atomic E-state index is 10.4. The van der Waals surface area contributed by atoms with Crippen LogP contribution in [0.25, 0.3) is 0 Å². The molecule has 0 aliphatic carbocycles. The van der Waals surface area contributed by atoms with Crippen LogP contribution >= 0.6 is 0 Å². The molecule has 2 nitrogen and oxygen atoms in total. The molecule has 2 N–H and O–H groups in total. The van der Waals surface area contributed by atoms with Crippen molar-refractivity contribution in [3.05, 3.63) is 58.7 Å². The number of hydrogen-bond acceptors (Lipinski definition) is 2. The Morgan fingerprint density at radius 2 is 1.08 bits per heavy atom. The van der Waals surface area contributed by atoms with Gasteiger partial charge in [-0.25, -0.2) is 0 Å².